The van der Waals surface area contributed by atoms with Crippen LogP contribution in [0.1, 0.15) is 12.7 Å². The molecule has 0 unspecified atom stereocenters. The highest BCUT2D eigenvalue weighted by Gasteiger charge is 2.04. The monoisotopic (exact) mass is 187 g/mol. The molecule has 0 bridgehead atoms. The van der Waals surface area contributed by atoms with E-state index >= 15 is 0 Å². The van der Waals surface area contributed by atoms with Gasteiger partial charge in [0, 0.05) is 0 Å². The summed E-state index contributed by atoms with van der Waals surface area (Å²) in [6.07, 6.45) is 3.68. The number of para-hydroxylation sites is 1. The minimum Gasteiger partial charge on any atom is -0.456 e. The fraction of sp³-hybridized carbons (Fsp3) is 0.0833. The van der Waals surface area contributed by atoms with E-state index in [0.717, 1.165) is 5.39 Å². The third kappa shape index (κ3) is 1.46. The van der Waals surface area contributed by atoms with E-state index in [-0.39, 0.29) is 5.43 Å². The molecular formula is C12H11O2+. The Morgan fingerprint density at radius 3 is 2.86 bits per heavy atom. The van der Waals surface area contributed by atoms with E-state index in [2.05, 4.69) is 0 Å². The van der Waals surface area contributed by atoms with Crippen LogP contribution in [-0.4, -0.2) is 4.79 Å². The maximum absolute atomic E-state index is 9.68. The number of allylic oxidation sites excluding steroid dienone is 1. The Hall–Kier alpha value is -1.83. The van der Waals surface area contributed by atoms with Gasteiger partial charge in [0.25, 0.3) is 0 Å². The molecule has 0 fully saturated rings. The van der Waals surface area contributed by atoms with Gasteiger partial charge in [0.2, 0.25) is 0 Å². The lowest BCUT2D eigenvalue weighted by Gasteiger charge is -1.94. The summed E-state index contributed by atoms with van der Waals surface area (Å²) >= 11 is 0. The molecule has 0 aliphatic carbocycles. The van der Waals surface area contributed by atoms with Crippen LogP contribution in [0.25, 0.3) is 17.0 Å². The predicted molar refractivity (Wildman–Crippen MR) is 56.0 cm³/mol. The normalized spacial score (nSPS) is 11.2. The first-order chi connectivity index (χ1) is 6.81. The highest BCUT2D eigenvalue weighted by Crippen LogP contribution is 2.11. The summed E-state index contributed by atoms with van der Waals surface area (Å²) in [5, 5.41) is 0.737. The SMILES string of the molecule is CC=Cc1cc(=[OH+])c2ccccc2o1. The number of benzene rings is 1. The largest absolute Gasteiger partial charge is 0.456 e. The Bertz CT molecular complexity index is 535. The molecule has 0 spiro atoms. The van der Waals surface area contributed by atoms with Crippen LogP contribution in [0.3, 0.4) is 0 Å². The van der Waals surface area contributed by atoms with Crippen LogP contribution >= 0.6 is 0 Å². The van der Waals surface area contributed by atoms with Gasteiger partial charge in [-0.3, -0.25) is 4.79 Å². The fourth-order valence-corrected chi connectivity index (χ4v) is 1.38. The van der Waals surface area contributed by atoms with Crippen molar-refractivity contribution in [2.45, 2.75) is 6.92 Å². The number of hydrogen-bond acceptors (Lipinski definition) is 1. The molecule has 0 aliphatic heterocycles. The second-order valence-corrected chi connectivity index (χ2v) is 3.03. The molecule has 2 nitrogen and oxygen atoms in total. The molecule has 1 aromatic heterocycles. The van der Waals surface area contributed by atoms with Crippen LogP contribution in [0.5, 0.6) is 0 Å². The molecule has 2 rings (SSSR count). The van der Waals surface area contributed by atoms with Gasteiger partial charge < -0.3 is 4.42 Å². The highest BCUT2D eigenvalue weighted by molar-refractivity contribution is 5.76. The van der Waals surface area contributed by atoms with Gasteiger partial charge in [-0.15, -0.1) is 0 Å². The van der Waals surface area contributed by atoms with Crippen molar-refractivity contribution in [3.8, 4) is 0 Å². The topological polar surface area (TPSA) is 34.5 Å². The van der Waals surface area contributed by atoms with Gasteiger partial charge in [0.15, 0.2) is 0 Å². The van der Waals surface area contributed by atoms with E-state index in [1.807, 2.05) is 43.3 Å². The van der Waals surface area contributed by atoms with Crippen LogP contribution in [0.4, 0.5) is 0 Å². The Morgan fingerprint density at radius 2 is 2.07 bits per heavy atom. The minimum atomic E-state index is 0.250. The van der Waals surface area contributed by atoms with Gasteiger partial charge in [0.05, 0.1) is 6.07 Å². The number of rotatable bonds is 1. The lowest BCUT2D eigenvalue weighted by atomic mass is 10.2. The quantitative estimate of drug-likeness (QED) is 0.631. The van der Waals surface area contributed by atoms with E-state index in [0.29, 0.717) is 11.3 Å². The van der Waals surface area contributed by atoms with E-state index < -0.39 is 0 Å². The molecule has 1 aromatic carbocycles. The standard InChI is InChI=1S/C12H10O2/c1-2-5-9-8-11(13)10-6-3-4-7-12(10)14-9/h2-8H,1H3/p+1. The van der Waals surface area contributed by atoms with E-state index in [4.69, 9.17) is 4.42 Å². The lowest BCUT2D eigenvalue weighted by molar-refractivity contribution is 0.552. The molecule has 0 saturated carbocycles. The summed E-state index contributed by atoms with van der Waals surface area (Å²) in [7, 11) is 0. The van der Waals surface area contributed by atoms with Crippen LogP contribution in [0.2, 0.25) is 0 Å². The molecular weight excluding hydrogens is 176 g/mol. The smallest absolute Gasteiger partial charge is 0.354 e. The zero-order chi connectivity index (χ0) is 9.97. The first-order valence-corrected chi connectivity index (χ1v) is 4.49. The summed E-state index contributed by atoms with van der Waals surface area (Å²) < 4.78 is 5.54. The number of hydrogen-bond donors (Lipinski definition) is 0. The molecule has 2 heteroatoms. The molecule has 0 radical (unpaired) electrons. The van der Waals surface area contributed by atoms with Crippen LogP contribution in [-0.2, 0) is 0 Å². The fourth-order valence-electron chi connectivity index (χ4n) is 1.38. The van der Waals surface area contributed by atoms with Gasteiger partial charge in [-0.2, -0.15) is 0 Å². The van der Waals surface area contributed by atoms with E-state index in [1.54, 1.807) is 6.07 Å². The molecule has 1 heterocycles. The van der Waals surface area contributed by atoms with Crippen molar-refractivity contribution in [2.75, 3.05) is 0 Å². The zero-order valence-corrected chi connectivity index (χ0v) is 7.90. The molecule has 70 valence electrons. The van der Waals surface area contributed by atoms with Crippen molar-refractivity contribution in [2.24, 2.45) is 0 Å². The average molecular weight is 187 g/mol. The van der Waals surface area contributed by atoms with Crippen LogP contribution < -0.4 is 5.43 Å². The summed E-state index contributed by atoms with van der Waals surface area (Å²) in [6.45, 7) is 1.90. The van der Waals surface area contributed by atoms with Gasteiger partial charge in [-0.25, -0.2) is 0 Å². The molecule has 0 aliphatic rings. The molecule has 0 atom stereocenters. The van der Waals surface area contributed by atoms with Gasteiger partial charge in [-0.1, -0.05) is 18.2 Å². The van der Waals surface area contributed by atoms with Crippen molar-refractivity contribution >= 4 is 17.0 Å². The summed E-state index contributed by atoms with van der Waals surface area (Å²) in [5.74, 6) is 0.656. The summed E-state index contributed by atoms with van der Waals surface area (Å²) in [6, 6.07) is 9.02. The second-order valence-electron chi connectivity index (χ2n) is 3.03. The Labute approximate surface area is 81.5 Å². The molecule has 2 aromatic rings. The van der Waals surface area contributed by atoms with Gasteiger partial charge in [0.1, 0.15) is 16.7 Å². The first-order valence-electron chi connectivity index (χ1n) is 4.49. The molecule has 0 saturated heterocycles. The summed E-state index contributed by atoms with van der Waals surface area (Å²) in [5.41, 5.74) is 0.945. The van der Waals surface area contributed by atoms with Crippen molar-refractivity contribution in [1.82, 2.24) is 0 Å². The van der Waals surface area contributed by atoms with Gasteiger partial charge >= 0.3 is 5.43 Å². The van der Waals surface area contributed by atoms with Gasteiger partial charge in [-0.05, 0) is 25.1 Å². The highest BCUT2D eigenvalue weighted by atomic mass is 16.3. The van der Waals surface area contributed by atoms with E-state index in [1.165, 1.54) is 0 Å². The number of fused-ring (bicyclic) bond motifs is 1. The molecule has 0 amide bonds. The second kappa shape index (κ2) is 3.50. The third-order valence-electron chi connectivity index (χ3n) is 2.00. The minimum absolute atomic E-state index is 0.250. The Balaban J connectivity index is 2.79. The zero-order valence-electron chi connectivity index (χ0n) is 7.90. The van der Waals surface area contributed by atoms with Crippen LogP contribution in [0.15, 0.2) is 40.8 Å². The van der Waals surface area contributed by atoms with Crippen molar-refractivity contribution in [3.63, 3.8) is 0 Å². The summed E-state index contributed by atoms with van der Waals surface area (Å²) in [4.78, 5) is 9.68. The van der Waals surface area contributed by atoms with Crippen molar-refractivity contribution < 1.29 is 9.21 Å². The van der Waals surface area contributed by atoms with Crippen molar-refractivity contribution in [3.05, 3.63) is 47.6 Å². The van der Waals surface area contributed by atoms with Crippen molar-refractivity contribution in [1.29, 1.82) is 0 Å². The lowest BCUT2D eigenvalue weighted by Crippen LogP contribution is -2.02. The third-order valence-corrected chi connectivity index (χ3v) is 2.00. The Morgan fingerprint density at radius 1 is 1.29 bits per heavy atom. The Kier molecular flexibility index (Phi) is 2.19. The maximum atomic E-state index is 9.68. The molecule has 14 heavy (non-hydrogen) atoms. The van der Waals surface area contributed by atoms with E-state index in [9.17, 15) is 4.79 Å². The molecule has 1 N–H and O–H groups in total. The van der Waals surface area contributed by atoms with Crippen LogP contribution in [0, 0.1) is 0 Å². The first kappa shape index (κ1) is 8.75. The maximum Gasteiger partial charge on any atom is 0.354 e. The predicted octanol–water partition coefficient (Wildman–Crippen LogP) is 2.47. The average Bonchev–Trinajstić information content (AvgIpc) is 2.18.